The number of para-hydroxylation sites is 1. The number of carbonyl (C=O) groups is 2. The van der Waals surface area contributed by atoms with E-state index < -0.39 is 11.9 Å². The molecule has 20 heavy (non-hydrogen) atoms. The lowest BCUT2D eigenvalue weighted by Gasteiger charge is -2.11. The van der Waals surface area contributed by atoms with Gasteiger partial charge in [0.2, 0.25) is 0 Å². The van der Waals surface area contributed by atoms with Crippen molar-refractivity contribution in [3.8, 4) is 0 Å². The Morgan fingerprint density at radius 2 is 1.75 bits per heavy atom. The zero-order valence-electron chi connectivity index (χ0n) is 11.2. The third-order valence-corrected chi connectivity index (χ3v) is 2.97. The van der Waals surface area contributed by atoms with Gasteiger partial charge in [0.1, 0.15) is 5.69 Å². The van der Waals surface area contributed by atoms with E-state index >= 15 is 0 Å². The predicted molar refractivity (Wildman–Crippen MR) is 75.1 cm³/mol. The summed E-state index contributed by atoms with van der Waals surface area (Å²) in [6.45, 7) is 3.75. The fraction of sp³-hybridized carbons (Fsp3) is 0.133. The van der Waals surface area contributed by atoms with E-state index in [0.717, 1.165) is 11.1 Å². The lowest BCUT2D eigenvalue weighted by Crippen LogP contribution is -2.19. The van der Waals surface area contributed by atoms with Crippen molar-refractivity contribution in [2.24, 2.45) is 0 Å². The van der Waals surface area contributed by atoms with Crippen LogP contribution >= 0.6 is 0 Å². The summed E-state index contributed by atoms with van der Waals surface area (Å²) in [4.78, 5) is 27.2. The Kier molecular flexibility index (Phi) is 3.79. The quantitative estimate of drug-likeness (QED) is 0.898. The third kappa shape index (κ3) is 2.66. The van der Waals surface area contributed by atoms with E-state index in [1.54, 1.807) is 0 Å². The number of aromatic carboxylic acids is 1. The number of carbonyl (C=O) groups excluding carboxylic acids is 1. The lowest BCUT2D eigenvalue weighted by molar-refractivity contribution is 0.0691. The number of pyridine rings is 1. The molecule has 0 unspecified atom stereocenters. The number of aryl methyl sites for hydroxylation is 2. The van der Waals surface area contributed by atoms with Gasteiger partial charge in [-0.2, -0.15) is 0 Å². The Hall–Kier alpha value is -2.69. The monoisotopic (exact) mass is 270 g/mol. The molecule has 102 valence electrons. The summed E-state index contributed by atoms with van der Waals surface area (Å²) < 4.78 is 0. The number of carboxylic acids is 1. The van der Waals surface area contributed by atoms with Crippen molar-refractivity contribution in [3.63, 3.8) is 0 Å². The molecule has 0 aliphatic rings. The van der Waals surface area contributed by atoms with E-state index in [1.165, 1.54) is 18.3 Å². The molecule has 0 bridgehead atoms. The Labute approximate surface area is 116 Å². The molecule has 0 saturated heterocycles. The number of aromatic nitrogens is 1. The maximum atomic E-state index is 12.2. The van der Waals surface area contributed by atoms with Gasteiger partial charge in [-0.1, -0.05) is 18.2 Å². The third-order valence-electron chi connectivity index (χ3n) is 2.97. The average Bonchev–Trinajstić information content (AvgIpc) is 2.43. The number of nitrogens with one attached hydrogen (secondary N) is 1. The van der Waals surface area contributed by atoms with Crippen molar-refractivity contribution in [1.82, 2.24) is 4.98 Å². The van der Waals surface area contributed by atoms with E-state index in [4.69, 9.17) is 5.11 Å². The highest BCUT2D eigenvalue weighted by Crippen LogP contribution is 2.20. The second-order valence-electron chi connectivity index (χ2n) is 4.43. The summed E-state index contributed by atoms with van der Waals surface area (Å²) in [6, 6.07) is 8.48. The molecule has 1 aromatic heterocycles. The van der Waals surface area contributed by atoms with E-state index in [9.17, 15) is 9.59 Å². The van der Waals surface area contributed by atoms with Crippen molar-refractivity contribution in [1.29, 1.82) is 0 Å². The molecule has 0 aliphatic heterocycles. The first-order valence-electron chi connectivity index (χ1n) is 6.06. The van der Waals surface area contributed by atoms with Crippen LogP contribution in [0.5, 0.6) is 0 Å². The molecule has 0 spiro atoms. The minimum Gasteiger partial charge on any atom is -0.478 e. The van der Waals surface area contributed by atoms with Gasteiger partial charge in [-0.3, -0.25) is 9.78 Å². The van der Waals surface area contributed by atoms with Crippen LogP contribution in [0.15, 0.2) is 36.5 Å². The number of carboxylic acid groups (broad SMARTS) is 1. The standard InChI is InChI=1S/C15H14N2O3/c1-9-5-3-6-10(2)12(9)17-14(18)13-11(15(19)20)7-4-8-16-13/h3-8H,1-2H3,(H,17,18)(H,19,20). The van der Waals surface area contributed by atoms with Crippen LogP contribution in [0, 0.1) is 13.8 Å². The normalized spacial score (nSPS) is 10.1. The molecule has 0 aliphatic carbocycles. The molecular formula is C15H14N2O3. The Morgan fingerprint density at radius 1 is 1.10 bits per heavy atom. The molecule has 0 fully saturated rings. The van der Waals surface area contributed by atoms with Crippen molar-refractivity contribution >= 4 is 17.6 Å². The molecule has 2 aromatic rings. The first-order valence-corrected chi connectivity index (χ1v) is 6.06. The number of hydrogen-bond acceptors (Lipinski definition) is 3. The van der Waals surface area contributed by atoms with E-state index in [1.807, 2.05) is 32.0 Å². The van der Waals surface area contributed by atoms with Crippen LogP contribution in [0.25, 0.3) is 0 Å². The molecule has 1 amide bonds. The molecule has 0 radical (unpaired) electrons. The topological polar surface area (TPSA) is 79.3 Å². The zero-order valence-corrected chi connectivity index (χ0v) is 11.2. The van der Waals surface area contributed by atoms with Gasteiger partial charge in [0, 0.05) is 11.9 Å². The highest BCUT2D eigenvalue weighted by molar-refractivity contribution is 6.09. The second-order valence-corrected chi connectivity index (χ2v) is 4.43. The molecule has 5 heteroatoms. The summed E-state index contributed by atoms with van der Waals surface area (Å²) in [6.07, 6.45) is 1.39. The van der Waals surface area contributed by atoms with Crippen LogP contribution in [0.4, 0.5) is 5.69 Å². The molecule has 2 N–H and O–H groups in total. The smallest absolute Gasteiger partial charge is 0.338 e. The maximum absolute atomic E-state index is 12.2. The number of amides is 1. The fourth-order valence-corrected chi connectivity index (χ4v) is 1.94. The highest BCUT2D eigenvalue weighted by atomic mass is 16.4. The van der Waals surface area contributed by atoms with Crippen LogP contribution in [-0.2, 0) is 0 Å². The number of benzene rings is 1. The van der Waals surface area contributed by atoms with Gasteiger partial charge in [0.15, 0.2) is 0 Å². The molecule has 0 saturated carbocycles. The molecular weight excluding hydrogens is 256 g/mol. The van der Waals surface area contributed by atoms with E-state index in [-0.39, 0.29) is 11.3 Å². The SMILES string of the molecule is Cc1cccc(C)c1NC(=O)c1ncccc1C(=O)O. The highest BCUT2D eigenvalue weighted by Gasteiger charge is 2.18. The van der Waals surface area contributed by atoms with Crippen molar-refractivity contribution < 1.29 is 14.7 Å². The van der Waals surface area contributed by atoms with Crippen LogP contribution in [0.2, 0.25) is 0 Å². The summed E-state index contributed by atoms with van der Waals surface area (Å²) in [5.74, 6) is -1.70. The summed E-state index contributed by atoms with van der Waals surface area (Å²) >= 11 is 0. The van der Waals surface area contributed by atoms with Crippen LogP contribution in [0.3, 0.4) is 0 Å². The van der Waals surface area contributed by atoms with E-state index in [2.05, 4.69) is 10.3 Å². The lowest BCUT2D eigenvalue weighted by atomic mass is 10.1. The fourth-order valence-electron chi connectivity index (χ4n) is 1.94. The largest absolute Gasteiger partial charge is 0.478 e. The average molecular weight is 270 g/mol. The predicted octanol–water partition coefficient (Wildman–Crippen LogP) is 2.65. The van der Waals surface area contributed by atoms with Crippen LogP contribution in [-0.4, -0.2) is 22.0 Å². The second kappa shape index (κ2) is 5.52. The first kappa shape index (κ1) is 13.7. The van der Waals surface area contributed by atoms with Crippen molar-refractivity contribution in [2.45, 2.75) is 13.8 Å². The maximum Gasteiger partial charge on any atom is 0.338 e. The van der Waals surface area contributed by atoms with Gasteiger partial charge in [-0.15, -0.1) is 0 Å². The van der Waals surface area contributed by atoms with Gasteiger partial charge >= 0.3 is 5.97 Å². The summed E-state index contributed by atoms with van der Waals surface area (Å²) in [5, 5.41) is 11.8. The molecule has 2 rings (SSSR count). The van der Waals surface area contributed by atoms with Crippen LogP contribution in [0.1, 0.15) is 32.0 Å². The molecule has 0 atom stereocenters. The zero-order chi connectivity index (χ0) is 14.7. The number of hydrogen-bond donors (Lipinski definition) is 2. The van der Waals surface area contributed by atoms with Gasteiger partial charge in [0.25, 0.3) is 5.91 Å². The summed E-state index contributed by atoms with van der Waals surface area (Å²) in [5.41, 5.74) is 2.29. The van der Waals surface area contributed by atoms with Gasteiger partial charge < -0.3 is 10.4 Å². The number of anilines is 1. The minimum absolute atomic E-state index is 0.0948. The Morgan fingerprint density at radius 3 is 2.35 bits per heavy atom. The molecule has 1 aromatic carbocycles. The van der Waals surface area contributed by atoms with Gasteiger partial charge in [-0.05, 0) is 37.1 Å². The summed E-state index contributed by atoms with van der Waals surface area (Å²) in [7, 11) is 0. The van der Waals surface area contributed by atoms with E-state index in [0.29, 0.717) is 5.69 Å². The number of rotatable bonds is 3. The van der Waals surface area contributed by atoms with Gasteiger partial charge in [0.05, 0.1) is 5.56 Å². The minimum atomic E-state index is -1.18. The van der Waals surface area contributed by atoms with Crippen molar-refractivity contribution in [2.75, 3.05) is 5.32 Å². The first-order chi connectivity index (χ1) is 9.50. The van der Waals surface area contributed by atoms with Crippen molar-refractivity contribution in [3.05, 3.63) is 58.9 Å². The van der Waals surface area contributed by atoms with Gasteiger partial charge in [-0.25, -0.2) is 4.79 Å². The molecule has 1 heterocycles. The molecule has 5 nitrogen and oxygen atoms in total. The Balaban J connectivity index is 2.36. The number of nitrogens with zero attached hydrogens (tertiary/aromatic N) is 1. The van der Waals surface area contributed by atoms with Crippen LogP contribution < -0.4 is 5.32 Å². The Bertz CT molecular complexity index is 660.